The average molecular weight is 1050 g/mol. The number of hydrogen-bond acceptors (Lipinski definition) is 14. The lowest BCUT2D eigenvalue weighted by Crippen LogP contribution is -2.65. The average Bonchev–Trinajstić information content (AvgIpc) is 3.44. The molecule has 1 heterocycles. The second-order valence-corrected chi connectivity index (χ2v) is 22.2. The summed E-state index contributed by atoms with van der Waals surface area (Å²) in [5, 5.41) is 0. The van der Waals surface area contributed by atoms with Crippen LogP contribution < -0.4 is 0 Å². The number of hydrogen-bond donors (Lipinski definition) is 0. The zero-order chi connectivity index (χ0) is 50.2. The van der Waals surface area contributed by atoms with Gasteiger partial charge < -0.3 is 9.47 Å². The highest BCUT2D eigenvalue weighted by Gasteiger charge is 2.62. The molecule has 0 radical (unpaired) electrons. The summed E-state index contributed by atoms with van der Waals surface area (Å²) in [5.74, 6) is -0.967. The topological polar surface area (TPSA) is 153 Å². The molecule has 0 aromatic heterocycles. The van der Waals surface area contributed by atoms with E-state index in [-0.39, 0.29) is 52.9 Å². The molecule has 0 N–H and O–H groups in total. The van der Waals surface area contributed by atoms with Crippen LogP contribution in [0.15, 0.2) is 212 Å². The molecule has 73 heavy (non-hydrogen) atoms. The van der Waals surface area contributed by atoms with Crippen LogP contribution in [0.2, 0.25) is 0 Å². The first kappa shape index (κ1) is 52.6. The van der Waals surface area contributed by atoms with Gasteiger partial charge in [0, 0.05) is 5.92 Å². The molecule has 1 aliphatic heterocycles. The molecule has 0 bridgehead atoms. The normalized spacial score (nSPS) is 22.1. The molecule has 0 amide bonds. The Hall–Kier alpha value is -5.21. The van der Waals surface area contributed by atoms with Gasteiger partial charge >= 0.3 is 23.5 Å². The Morgan fingerprint density at radius 1 is 0.384 bits per heavy atom. The van der Waals surface area contributed by atoms with Crippen molar-refractivity contribution in [3.05, 3.63) is 251 Å². The van der Waals surface area contributed by atoms with Crippen molar-refractivity contribution >= 4 is 23.5 Å². The van der Waals surface area contributed by atoms with Gasteiger partial charge in [0.05, 0.1) is 59.0 Å². The highest BCUT2D eigenvalue weighted by molar-refractivity contribution is 7.49. The zero-order valence-corrected chi connectivity index (χ0v) is 42.6. The number of rotatable bonds is 25. The number of phosphoric ester groups is 3. The van der Waals surface area contributed by atoms with E-state index in [1.807, 2.05) is 212 Å². The third-order valence-electron chi connectivity index (χ3n) is 12.0. The Balaban J connectivity index is 1.15. The summed E-state index contributed by atoms with van der Waals surface area (Å²) < 4.78 is 117. The molecular weight excluding hydrogens is 990 g/mol. The molecule has 14 nitrogen and oxygen atoms in total. The van der Waals surface area contributed by atoms with Crippen LogP contribution in [0.5, 0.6) is 0 Å². The maximum absolute atomic E-state index is 15.6. The number of phosphoric acid groups is 3. The molecule has 7 aromatic rings. The minimum absolute atomic E-state index is 0.0204. The van der Waals surface area contributed by atoms with Gasteiger partial charge in [-0.2, -0.15) is 0 Å². The third kappa shape index (κ3) is 15.2. The number of benzene rings is 7. The van der Waals surface area contributed by atoms with Gasteiger partial charge in [0.2, 0.25) is 0 Å². The zero-order valence-electron chi connectivity index (χ0n) is 39.9. The Kier molecular flexibility index (Phi) is 18.6. The van der Waals surface area contributed by atoms with E-state index in [4.69, 9.17) is 50.2 Å². The largest absolute Gasteiger partial charge is 0.475 e. The molecular formula is C56H57O14P3. The van der Waals surface area contributed by atoms with Gasteiger partial charge in [-0.15, -0.1) is 0 Å². The van der Waals surface area contributed by atoms with Crippen molar-refractivity contribution in [1.82, 2.24) is 0 Å². The Morgan fingerprint density at radius 2 is 0.685 bits per heavy atom. The lowest BCUT2D eigenvalue weighted by molar-refractivity contribution is -0.240. The maximum Gasteiger partial charge on any atom is 0.475 e. The first-order chi connectivity index (χ1) is 35.7. The lowest BCUT2D eigenvalue weighted by Gasteiger charge is -2.52. The smallest absolute Gasteiger partial charge is 0.370 e. The first-order valence-electron chi connectivity index (χ1n) is 23.9. The molecule has 1 aliphatic carbocycles. The quantitative estimate of drug-likeness (QED) is 0.0499. The highest BCUT2D eigenvalue weighted by atomic mass is 31.2. The van der Waals surface area contributed by atoms with Crippen molar-refractivity contribution in [2.75, 3.05) is 6.61 Å². The van der Waals surface area contributed by atoms with E-state index >= 15 is 9.13 Å². The van der Waals surface area contributed by atoms with Crippen LogP contribution in [0.1, 0.15) is 38.9 Å². The SMILES string of the molecule is O=P(OCc1ccccc1)(OCc1ccccc1)O[C@@H]1[C@@H](OCc2ccccc2)[C@H](OP(=O)(OCc2ccccc2)OCc2ccccc2)[C@@H](OCc2ccccc2)[C@@H]2CO[P@](=O)(OCc3ccccc3)O[C@H]21. The summed E-state index contributed by atoms with van der Waals surface area (Å²) in [6, 6.07) is 64.5. The van der Waals surface area contributed by atoms with E-state index in [1.165, 1.54) is 0 Å². The van der Waals surface area contributed by atoms with Gasteiger partial charge in [-0.1, -0.05) is 212 Å². The Bertz CT molecular complexity index is 2780. The minimum atomic E-state index is -4.75. The predicted molar refractivity (Wildman–Crippen MR) is 273 cm³/mol. The molecule has 2 fully saturated rings. The second-order valence-electron chi connectivity index (χ2n) is 17.3. The molecule has 1 saturated carbocycles. The fourth-order valence-electron chi connectivity index (χ4n) is 8.30. The molecule has 7 aromatic carbocycles. The van der Waals surface area contributed by atoms with Crippen LogP contribution in [0.25, 0.3) is 0 Å². The number of fused-ring (bicyclic) bond motifs is 1. The van der Waals surface area contributed by atoms with Crippen molar-refractivity contribution in [2.45, 2.75) is 76.8 Å². The molecule has 7 atom stereocenters. The minimum Gasteiger partial charge on any atom is -0.370 e. The van der Waals surface area contributed by atoms with Crippen molar-refractivity contribution in [1.29, 1.82) is 0 Å². The maximum atomic E-state index is 15.6. The van der Waals surface area contributed by atoms with Crippen LogP contribution in [0.3, 0.4) is 0 Å². The van der Waals surface area contributed by atoms with E-state index in [0.717, 1.165) is 11.1 Å². The van der Waals surface area contributed by atoms with Crippen LogP contribution in [0.4, 0.5) is 0 Å². The fourth-order valence-corrected chi connectivity index (χ4v) is 12.4. The van der Waals surface area contributed by atoms with Crippen molar-refractivity contribution in [3.8, 4) is 0 Å². The Morgan fingerprint density at radius 3 is 1.04 bits per heavy atom. The van der Waals surface area contributed by atoms with Crippen LogP contribution in [-0.4, -0.2) is 37.1 Å². The predicted octanol–water partition coefficient (Wildman–Crippen LogP) is 13.4. The molecule has 1 saturated heterocycles. The van der Waals surface area contributed by atoms with Gasteiger partial charge in [0.15, 0.2) is 0 Å². The summed E-state index contributed by atoms with van der Waals surface area (Å²) in [7, 11) is -13.9. The molecule has 380 valence electrons. The summed E-state index contributed by atoms with van der Waals surface area (Å²) in [4.78, 5) is 0. The van der Waals surface area contributed by atoms with Gasteiger partial charge in [-0.05, 0) is 38.9 Å². The second kappa shape index (κ2) is 25.8. The molecule has 17 heteroatoms. The van der Waals surface area contributed by atoms with E-state index in [9.17, 15) is 4.57 Å². The Labute approximate surface area is 426 Å². The van der Waals surface area contributed by atoms with Gasteiger partial charge in [-0.3, -0.25) is 40.7 Å². The molecule has 0 unspecified atom stereocenters. The summed E-state index contributed by atoms with van der Waals surface area (Å²) in [6.45, 7) is -1.22. The summed E-state index contributed by atoms with van der Waals surface area (Å²) >= 11 is 0. The monoisotopic (exact) mass is 1050 g/mol. The highest BCUT2D eigenvalue weighted by Crippen LogP contribution is 2.63. The van der Waals surface area contributed by atoms with Crippen LogP contribution in [0, 0.1) is 5.92 Å². The standard InChI is InChI=1S/C56H57O14P3/c57-71(62-38-46-26-12-3-13-27-46,63-39-47-28-14-4-15-29-47)69-55-52(60-36-44-22-8-1-9-23-44)51-43-67-73(59,66-42-50-34-20-7-21-35-50)68-53(51)56(54(55)61-37-45-24-10-2-11-25-45)70-72(58,64-40-48-30-16-5-17-31-48)65-41-49-32-18-6-19-33-49/h1-35,51-56H,36-43H2/t51-,52-,53+,54-,55+,56-,73-/m0/s1. The fraction of sp³-hybridized carbons (Fsp3) is 0.250. The van der Waals surface area contributed by atoms with Crippen LogP contribution in [-0.2, 0) is 110 Å². The van der Waals surface area contributed by atoms with E-state index in [0.29, 0.717) is 27.8 Å². The van der Waals surface area contributed by atoms with E-state index in [1.54, 1.807) is 0 Å². The van der Waals surface area contributed by atoms with Crippen molar-refractivity contribution in [3.63, 3.8) is 0 Å². The molecule has 9 rings (SSSR count). The van der Waals surface area contributed by atoms with E-state index < -0.39 is 59.9 Å². The van der Waals surface area contributed by atoms with Crippen molar-refractivity contribution in [2.24, 2.45) is 5.92 Å². The summed E-state index contributed by atoms with van der Waals surface area (Å²) in [5.41, 5.74) is 4.99. The third-order valence-corrected chi connectivity index (χ3v) is 16.2. The van der Waals surface area contributed by atoms with Gasteiger partial charge in [0.1, 0.15) is 24.4 Å². The van der Waals surface area contributed by atoms with Crippen LogP contribution >= 0.6 is 23.5 Å². The van der Waals surface area contributed by atoms with Gasteiger partial charge in [0.25, 0.3) is 0 Å². The lowest BCUT2D eigenvalue weighted by atomic mass is 9.78. The number of ether oxygens (including phenoxy) is 2. The molecule has 2 aliphatic rings. The summed E-state index contributed by atoms with van der Waals surface area (Å²) in [6.07, 6.45) is -6.94. The van der Waals surface area contributed by atoms with Gasteiger partial charge in [-0.25, -0.2) is 13.7 Å². The van der Waals surface area contributed by atoms with Crippen molar-refractivity contribution < 1.29 is 63.9 Å². The van der Waals surface area contributed by atoms with E-state index in [2.05, 4.69) is 0 Å². The first-order valence-corrected chi connectivity index (χ1v) is 28.3. The molecule has 0 spiro atoms.